The van der Waals surface area contributed by atoms with Crippen LogP contribution in [0.3, 0.4) is 0 Å². The fourth-order valence-electron chi connectivity index (χ4n) is 3.18. The molecule has 1 aromatic carbocycles. The number of carboxylic acids is 1. The van der Waals surface area contributed by atoms with Gasteiger partial charge < -0.3 is 5.11 Å². The van der Waals surface area contributed by atoms with Crippen molar-refractivity contribution in [1.82, 2.24) is 4.72 Å². The van der Waals surface area contributed by atoms with Crippen LogP contribution >= 0.6 is 0 Å². The van der Waals surface area contributed by atoms with Gasteiger partial charge in [-0.1, -0.05) is 18.2 Å². The molecule has 0 heterocycles. The van der Waals surface area contributed by atoms with E-state index >= 15 is 0 Å². The number of carbonyl (C=O) groups is 1. The third kappa shape index (κ3) is 4.00. The highest BCUT2D eigenvalue weighted by molar-refractivity contribution is 7.89. The lowest BCUT2D eigenvalue weighted by molar-refractivity contribution is -0.136. The Labute approximate surface area is 137 Å². The Balaban J connectivity index is 2.34. The van der Waals surface area contributed by atoms with Crippen molar-refractivity contribution >= 4 is 16.0 Å². The minimum atomic E-state index is -3.65. The van der Waals surface area contributed by atoms with Crippen LogP contribution in [0.15, 0.2) is 23.1 Å². The summed E-state index contributed by atoms with van der Waals surface area (Å²) in [5.41, 5.74) is 2.56. The van der Waals surface area contributed by atoms with Gasteiger partial charge in [0, 0.05) is 6.54 Å². The molecule has 0 fully saturated rings. The summed E-state index contributed by atoms with van der Waals surface area (Å²) in [6.07, 6.45) is 5.73. The van der Waals surface area contributed by atoms with Crippen LogP contribution in [-0.4, -0.2) is 26.0 Å². The smallest absolute Gasteiger partial charge is 0.307 e. The van der Waals surface area contributed by atoms with E-state index in [2.05, 4.69) is 16.9 Å². The molecule has 2 rings (SSSR count). The highest BCUT2D eigenvalue weighted by Gasteiger charge is 2.24. The molecular weight excluding hydrogens is 314 g/mol. The second-order valence-corrected chi connectivity index (χ2v) is 7.88. The molecule has 126 valence electrons. The van der Waals surface area contributed by atoms with Crippen molar-refractivity contribution in [3.63, 3.8) is 0 Å². The fraction of sp³-hybridized carbons (Fsp3) is 0.471. The summed E-state index contributed by atoms with van der Waals surface area (Å²) in [5.74, 6) is -0.664. The number of carboxylic acid groups (broad SMARTS) is 1. The second kappa shape index (κ2) is 6.84. The van der Waals surface area contributed by atoms with E-state index < -0.39 is 16.0 Å². The van der Waals surface area contributed by atoms with Crippen LogP contribution in [0.2, 0.25) is 0 Å². The first-order valence-electron chi connectivity index (χ1n) is 7.68. The van der Waals surface area contributed by atoms with Gasteiger partial charge in [-0.3, -0.25) is 4.79 Å². The molecule has 0 unspecified atom stereocenters. The zero-order valence-electron chi connectivity index (χ0n) is 13.7. The summed E-state index contributed by atoms with van der Waals surface area (Å²) in [7, 11) is -3.65. The molecule has 23 heavy (non-hydrogen) atoms. The third-order valence-corrected chi connectivity index (χ3v) is 6.04. The molecule has 0 amide bonds. The number of sulfonamides is 1. The first-order valence-corrected chi connectivity index (χ1v) is 9.17. The Morgan fingerprint density at radius 3 is 2.39 bits per heavy atom. The normalized spacial score (nSPS) is 15.3. The van der Waals surface area contributed by atoms with Gasteiger partial charge in [0.25, 0.3) is 0 Å². The number of rotatable bonds is 6. The average molecular weight is 337 g/mol. The molecule has 0 bridgehead atoms. The fourth-order valence-corrected chi connectivity index (χ4v) is 4.79. The maximum Gasteiger partial charge on any atom is 0.307 e. The third-order valence-electron chi connectivity index (χ3n) is 4.32. The van der Waals surface area contributed by atoms with Crippen molar-refractivity contribution in [2.75, 3.05) is 6.54 Å². The van der Waals surface area contributed by atoms with Crippen molar-refractivity contribution in [2.45, 2.75) is 44.9 Å². The second-order valence-electron chi connectivity index (χ2n) is 6.17. The molecule has 0 atom stereocenters. The average Bonchev–Trinajstić information content (AvgIpc) is 2.94. The first-order chi connectivity index (χ1) is 10.7. The van der Waals surface area contributed by atoms with Crippen molar-refractivity contribution in [3.8, 4) is 0 Å². The highest BCUT2D eigenvalue weighted by atomic mass is 32.2. The van der Waals surface area contributed by atoms with Gasteiger partial charge >= 0.3 is 5.97 Å². The SMILES string of the molecule is Cc1cc(C)c(S(=O)(=O)NCC2CC=CC2)c(C)c1CC(=O)O. The van der Waals surface area contributed by atoms with Crippen molar-refractivity contribution in [2.24, 2.45) is 5.92 Å². The van der Waals surface area contributed by atoms with Crippen LogP contribution < -0.4 is 4.72 Å². The van der Waals surface area contributed by atoms with Crippen molar-refractivity contribution in [1.29, 1.82) is 0 Å². The van der Waals surface area contributed by atoms with E-state index in [0.29, 0.717) is 29.2 Å². The zero-order valence-corrected chi connectivity index (χ0v) is 14.5. The predicted octanol–water partition coefficient (Wildman–Crippen LogP) is 2.48. The number of aliphatic carboxylic acids is 1. The molecule has 0 saturated heterocycles. The lowest BCUT2D eigenvalue weighted by Crippen LogP contribution is -2.30. The van der Waals surface area contributed by atoms with E-state index in [1.807, 2.05) is 6.92 Å². The number of hydrogen-bond donors (Lipinski definition) is 2. The lowest BCUT2D eigenvalue weighted by atomic mass is 9.97. The minimum absolute atomic E-state index is 0.174. The molecule has 0 saturated carbocycles. The first kappa shape index (κ1) is 17.7. The van der Waals surface area contributed by atoms with E-state index in [4.69, 9.17) is 5.11 Å². The Morgan fingerprint density at radius 1 is 1.22 bits per heavy atom. The quantitative estimate of drug-likeness (QED) is 0.781. The summed E-state index contributed by atoms with van der Waals surface area (Å²) in [5, 5.41) is 9.05. The van der Waals surface area contributed by atoms with Gasteiger partial charge in [-0.15, -0.1) is 0 Å². The number of aryl methyl sites for hydroxylation is 2. The summed E-state index contributed by atoms with van der Waals surface area (Å²) in [6, 6.07) is 1.75. The molecule has 6 heteroatoms. The number of nitrogens with one attached hydrogen (secondary N) is 1. The molecule has 1 aromatic rings. The largest absolute Gasteiger partial charge is 0.481 e. The van der Waals surface area contributed by atoms with E-state index in [0.717, 1.165) is 18.4 Å². The lowest BCUT2D eigenvalue weighted by Gasteiger charge is -2.18. The van der Waals surface area contributed by atoms with Crippen LogP contribution in [0.5, 0.6) is 0 Å². The van der Waals surface area contributed by atoms with Gasteiger partial charge in [0.2, 0.25) is 10.0 Å². The topological polar surface area (TPSA) is 83.5 Å². The summed E-state index contributed by atoms with van der Waals surface area (Å²) in [4.78, 5) is 11.3. The maximum atomic E-state index is 12.7. The molecule has 0 spiro atoms. The van der Waals surface area contributed by atoms with Gasteiger partial charge in [0.05, 0.1) is 11.3 Å². The molecule has 0 aromatic heterocycles. The van der Waals surface area contributed by atoms with E-state index in [1.54, 1.807) is 19.9 Å². The minimum Gasteiger partial charge on any atom is -0.481 e. The summed E-state index contributed by atoms with van der Waals surface area (Å²) >= 11 is 0. The Kier molecular flexibility index (Phi) is 5.26. The van der Waals surface area contributed by atoms with Crippen LogP contribution in [0, 0.1) is 26.7 Å². The summed E-state index contributed by atoms with van der Waals surface area (Å²) < 4.78 is 28.1. The Bertz CT molecular complexity index is 742. The van der Waals surface area contributed by atoms with E-state index in [9.17, 15) is 13.2 Å². The molecule has 0 radical (unpaired) electrons. The maximum absolute atomic E-state index is 12.7. The van der Waals surface area contributed by atoms with Crippen LogP contribution in [-0.2, 0) is 21.2 Å². The molecule has 0 aliphatic heterocycles. The number of benzene rings is 1. The van der Waals surface area contributed by atoms with Crippen molar-refractivity contribution in [3.05, 3.63) is 40.5 Å². The molecule has 1 aliphatic carbocycles. The standard InChI is InChI=1S/C17H23NO4S/c1-11-8-12(2)17(13(3)15(11)9-16(19)20)23(21,22)18-10-14-6-4-5-7-14/h4-5,8,14,18H,6-7,9-10H2,1-3H3,(H,19,20). The highest BCUT2D eigenvalue weighted by Crippen LogP contribution is 2.27. The van der Waals surface area contributed by atoms with Gasteiger partial charge in [0.15, 0.2) is 0 Å². The Morgan fingerprint density at radius 2 is 1.83 bits per heavy atom. The molecule has 2 N–H and O–H groups in total. The van der Waals surface area contributed by atoms with E-state index in [1.165, 1.54) is 0 Å². The predicted molar refractivity (Wildman–Crippen MR) is 89.0 cm³/mol. The molecular formula is C17H23NO4S. The van der Waals surface area contributed by atoms with Crippen LogP contribution in [0.25, 0.3) is 0 Å². The summed E-state index contributed by atoms with van der Waals surface area (Å²) in [6.45, 7) is 5.64. The monoisotopic (exact) mass is 337 g/mol. The number of hydrogen-bond acceptors (Lipinski definition) is 3. The van der Waals surface area contributed by atoms with E-state index in [-0.39, 0.29) is 11.3 Å². The zero-order chi connectivity index (χ0) is 17.2. The molecule has 5 nitrogen and oxygen atoms in total. The van der Waals surface area contributed by atoms with Crippen molar-refractivity contribution < 1.29 is 18.3 Å². The number of allylic oxidation sites excluding steroid dienone is 2. The van der Waals surface area contributed by atoms with Crippen LogP contribution in [0.4, 0.5) is 0 Å². The van der Waals surface area contributed by atoms with Gasteiger partial charge in [0.1, 0.15) is 0 Å². The molecule has 1 aliphatic rings. The van der Waals surface area contributed by atoms with Gasteiger partial charge in [-0.25, -0.2) is 13.1 Å². The Hall–Kier alpha value is -1.66. The van der Waals surface area contributed by atoms with Crippen LogP contribution in [0.1, 0.15) is 35.1 Å². The van der Waals surface area contributed by atoms with Gasteiger partial charge in [-0.2, -0.15) is 0 Å². The van der Waals surface area contributed by atoms with Gasteiger partial charge in [-0.05, 0) is 61.8 Å².